The van der Waals surface area contributed by atoms with Crippen LogP contribution in [0.2, 0.25) is 0 Å². The van der Waals surface area contributed by atoms with Gasteiger partial charge >= 0.3 is 11.9 Å². The first-order valence-corrected chi connectivity index (χ1v) is 15.5. The minimum atomic E-state index is -3.14. The number of carbonyl (C=O) groups excluding carboxylic acids is 1. The van der Waals surface area contributed by atoms with E-state index in [2.05, 4.69) is 10.3 Å². The number of thiazole rings is 1. The van der Waals surface area contributed by atoms with Gasteiger partial charge in [0.05, 0.1) is 25.3 Å². The molecule has 0 spiro atoms. The van der Waals surface area contributed by atoms with Gasteiger partial charge in [-0.2, -0.15) is 0 Å². The second-order valence-corrected chi connectivity index (χ2v) is 12.6. The Kier molecular flexibility index (Phi) is 9.38. The Morgan fingerprint density at radius 3 is 2.71 bits per heavy atom. The monoisotopic (exact) mass is 650 g/mol. The molecule has 244 valence electrons. The van der Waals surface area contributed by atoms with Crippen molar-refractivity contribution in [1.29, 1.82) is 0 Å². The molecule has 3 aliphatic rings. The zero-order valence-corrected chi connectivity index (χ0v) is 26.5. The van der Waals surface area contributed by atoms with Crippen LogP contribution in [-0.2, 0) is 19.1 Å². The van der Waals surface area contributed by atoms with Crippen molar-refractivity contribution in [1.82, 2.24) is 25.2 Å². The number of aliphatic carboxylic acids is 1. The zero-order valence-electron chi connectivity index (χ0n) is 25.7. The summed E-state index contributed by atoms with van der Waals surface area (Å²) >= 11 is 1.31. The van der Waals surface area contributed by atoms with Gasteiger partial charge in [-0.1, -0.05) is 12.1 Å². The molecule has 3 unspecified atom stereocenters. The van der Waals surface area contributed by atoms with E-state index in [0.29, 0.717) is 27.7 Å². The van der Waals surface area contributed by atoms with Crippen LogP contribution in [0.25, 0.3) is 0 Å². The van der Waals surface area contributed by atoms with Gasteiger partial charge in [0.15, 0.2) is 16.4 Å². The van der Waals surface area contributed by atoms with Crippen molar-refractivity contribution >= 4 is 29.1 Å². The van der Waals surface area contributed by atoms with Crippen LogP contribution >= 0.6 is 11.3 Å². The first-order valence-electron chi connectivity index (χ1n) is 14.6. The van der Waals surface area contributed by atoms with Gasteiger partial charge in [-0.15, -0.1) is 11.3 Å². The third-order valence-corrected chi connectivity index (χ3v) is 9.19. The van der Waals surface area contributed by atoms with E-state index in [-0.39, 0.29) is 38.4 Å². The van der Waals surface area contributed by atoms with Gasteiger partial charge in [-0.3, -0.25) is 9.89 Å². The molecule has 2 N–H and O–H groups in total. The minimum Gasteiger partial charge on any atom is -0.479 e. The molecule has 2 saturated heterocycles. The van der Waals surface area contributed by atoms with Gasteiger partial charge in [0.25, 0.3) is 5.92 Å². The number of alkyl halides is 2. The van der Waals surface area contributed by atoms with Gasteiger partial charge in [0.1, 0.15) is 17.9 Å². The Bertz CT molecular complexity index is 1500. The minimum absolute atomic E-state index is 0.0641. The number of rotatable bonds is 11. The van der Waals surface area contributed by atoms with Crippen LogP contribution in [0.4, 0.5) is 13.2 Å². The van der Waals surface area contributed by atoms with E-state index in [1.165, 1.54) is 42.3 Å². The van der Waals surface area contributed by atoms with E-state index in [1.54, 1.807) is 48.4 Å². The lowest BCUT2D eigenvalue weighted by Crippen LogP contribution is -2.50. The smallest absolute Gasteiger partial charge is 0.338 e. The molecule has 0 aliphatic carbocycles. The molecule has 4 heterocycles. The maximum absolute atomic E-state index is 15.8. The SMILES string of the molecule is CCOC(=O)C1=C(CN2CC(F)(F)C3C2CN(C)N3CCOC(C)(C)C(=O)O)NC(c2nccs2)=NC1c1cccc(F)c1C. The second-order valence-electron chi connectivity index (χ2n) is 11.8. The fraction of sp³-hybridized carbons (Fsp3) is 0.533. The lowest BCUT2D eigenvalue weighted by Gasteiger charge is -2.32. The number of carboxylic acid groups (broad SMARTS) is 1. The van der Waals surface area contributed by atoms with E-state index >= 15 is 8.78 Å². The van der Waals surface area contributed by atoms with Crippen LogP contribution in [0.5, 0.6) is 0 Å². The Morgan fingerprint density at radius 2 is 2.04 bits per heavy atom. The van der Waals surface area contributed by atoms with E-state index in [4.69, 9.17) is 14.5 Å². The number of likely N-dealkylation sites (tertiary alicyclic amines) is 1. The van der Waals surface area contributed by atoms with Crippen LogP contribution in [0, 0.1) is 12.7 Å². The number of nitrogens with one attached hydrogen (secondary N) is 1. The number of fused-ring (bicyclic) bond motifs is 1. The average Bonchev–Trinajstić information content (AvgIpc) is 3.67. The number of carbonyl (C=O) groups is 2. The normalized spacial score (nSPS) is 24.0. The summed E-state index contributed by atoms with van der Waals surface area (Å²) in [5.74, 6) is -5.09. The highest BCUT2D eigenvalue weighted by Crippen LogP contribution is 2.42. The lowest BCUT2D eigenvalue weighted by molar-refractivity contribution is -0.164. The number of nitrogens with zero attached hydrogens (tertiary/aromatic N) is 5. The molecule has 2 aromatic rings. The summed E-state index contributed by atoms with van der Waals surface area (Å²) in [5, 5.41) is 18.1. The van der Waals surface area contributed by atoms with Crippen molar-refractivity contribution < 1.29 is 37.3 Å². The highest BCUT2D eigenvalue weighted by Gasteiger charge is 2.61. The first kappa shape index (κ1) is 33.0. The summed E-state index contributed by atoms with van der Waals surface area (Å²) in [4.78, 5) is 35.7. The number of hydrogen-bond donors (Lipinski definition) is 2. The summed E-state index contributed by atoms with van der Waals surface area (Å²) < 4.78 is 57.3. The number of aromatic nitrogens is 1. The van der Waals surface area contributed by atoms with Gasteiger partial charge < -0.3 is 19.9 Å². The van der Waals surface area contributed by atoms with Crippen molar-refractivity contribution in [2.75, 3.05) is 46.4 Å². The Labute approximate surface area is 263 Å². The number of hydrogen-bond acceptors (Lipinski definition) is 11. The zero-order chi connectivity index (χ0) is 32.7. The van der Waals surface area contributed by atoms with Gasteiger partial charge in [-0.25, -0.2) is 37.8 Å². The standard InChI is InChI=1S/C30H37F3N6O5S/c1-6-43-27(40)22-20(35-25(26-34-10-13-45-26)36-23(22)18-8-7-9-19(31)17(18)2)14-38-16-30(32,33)24-21(38)15-37(5)39(24)11-12-44-29(3,4)28(41)42/h7-10,13,21,23-24H,6,11-12,14-16H2,1-5H3,(H,35,36)(H,41,42). The summed E-state index contributed by atoms with van der Waals surface area (Å²) in [5.41, 5.74) is -0.261. The third-order valence-electron chi connectivity index (χ3n) is 8.41. The average molecular weight is 651 g/mol. The molecule has 11 nitrogen and oxygen atoms in total. The maximum atomic E-state index is 15.8. The summed E-state index contributed by atoms with van der Waals surface area (Å²) in [6, 6.07) is 1.74. The number of likely N-dealkylation sites (N-methyl/N-ethyl adjacent to an activating group) is 1. The molecule has 0 radical (unpaired) electrons. The van der Waals surface area contributed by atoms with E-state index < -0.39 is 53.9 Å². The molecule has 15 heteroatoms. The van der Waals surface area contributed by atoms with Crippen molar-refractivity contribution in [3.63, 3.8) is 0 Å². The Morgan fingerprint density at radius 1 is 1.29 bits per heavy atom. The molecule has 0 saturated carbocycles. The Balaban J connectivity index is 1.49. The maximum Gasteiger partial charge on any atom is 0.338 e. The predicted octanol–water partition coefficient (Wildman–Crippen LogP) is 3.23. The summed E-state index contributed by atoms with van der Waals surface area (Å²) in [7, 11) is 1.70. The predicted molar refractivity (Wildman–Crippen MR) is 160 cm³/mol. The lowest BCUT2D eigenvalue weighted by atomic mass is 9.92. The second kappa shape index (κ2) is 12.8. The van der Waals surface area contributed by atoms with Crippen LogP contribution < -0.4 is 5.32 Å². The molecule has 2 fully saturated rings. The van der Waals surface area contributed by atoms with Crippen molar-refractivity contribution in [2.45, 2.75) is 57.3 Å². The molecule has 3 aliphatic heterocycles. The number of amidine groups is 1. The molecule has 0 amide bonds. The molecular formula is C30H37F3N6O5S. The molecule has 1 aromatic heterocycles. The highest BCUT2D eigenvalue weighted by molar-refractivity contribution is 7.11. The molecular weight excluding hydrogens is 613 g/mol. The fourth-order valence-corrected chi connectivity index (χ4v) is 6.68. The third kappa shape index (κ3) is 6.49. The van der Waals surface area contributed by atoms with Crippen LogP contribution in [0.3, 0.4) is 0 Å². The number of esters is 1. The Hall–Kier alpha value is -3.37. The molecule has 5 rings (SSSR count). The van der Waals surface area contributed by atoms with Gasteiger partial charge in [0, 0.05) is 50.0 Å². The van der Waals surface area contributed by atoms with Gasteiger partial charge in [-0.05, 0) is 44.9 Å². The van der Waals surface area contributed by atoms with Crippen molar-refractivity contribution in [2.24, 2.45) is 4.99 Å². The van der Waals surface area contributed by atoms with Crippen LogP contribution in [-0.4, -0.2) is 113 Å². The number of halogens is 3. The molecule has 3 atom stereocenters. The van der Waals surface area contributed by atoms with Crippen LogP contribution in [0.1, 0.15) is 42.9 Å². The molecule has 0 bridgehead atoms. The molecule has 45 heavy (non-hydrogen) atoms. The van der Waals surface area contributed by atoms with Crippen LogP contribution in [0.15, 0.2) is 46.0 Å². The number of carboxylic acids is 1. The van der Waals surface area contributed by atoms with Crippen molar-refractivity contribution in [3.05, 3.63) is 63.0 Å². The number of ether oxygens (including phenoxy) is 2. The van der Waals surface area contributed by atoms with E-state index in [0.717, 1.165) is 0 Å². The van der Waals surface area contributed by atoms with E-state index in [9.17, 15) is 19.1 Å². The number of aliphatic imine (C=N–C) groups is 1. The topological polar surface area (TPSA) is 120 Å². The quantitative estimate of drug-likeness (QED) is 0.351. The first-order chi connectivity index (χ1) is 21.2. The highest BCUT2D eigenvalue weighted by atomic mass is 32.1. The van der Waals surface area contributed by atoms with Crippen molar-refractivity contribution in [3.8, 4) is 0 Å². The largest absolute Gasteiger partial charge is 0.479 e. The summed E-state index contributed by atoms with van der Waals surface area (Å²) in [6.45, 7) is 5.77. The number of hydrazine groups is 1. The number of benzene rings is 1. The van der Waals surface area contributed by atoms with Gasteiger partial charge in [0.2, 0.25) is 0 Å². The molecule has 1 aromatic carbocycles. The fourth-order valence-electron chi connectivity index (χ4n) is 6.09. The summed E-state index contributed by atoms with van der Waals surface area (Å²) in [6.07, 6.45) is 1.60. The van der Waals surface area contributed by atoms with E-state index in [1.807, 2.05) is 0 Å².